The minimum absolute atomic E-state index is 0.437. The van der Waals surface area contributed by atoms with Crippen LogP contribution in [-0.4, -0.2) is 43.5 Å². The number of hydrogen-bond acceptors (Lipinski definition) is 6. The van der Waals surface area contributed by atoms with Crippen LogP contribution < -0.4 is 14.5 Å². The van der Waals surface area contributed by atoms with E-state index in [9.17, 15) is 0 Å². The van der Waals surface area contributed by atoms with E-state index in [1.807, 2.05) is 30.3 Å². The minimum Gasteiger partial charge on any atom is -0.495 e. The van der Waals surface area contributed by atoms with E-state index in [1.165, 1.54) is 4.90 Å². The van der Waals surface area contributed by atoms with E-state index < -0.39 is 0 Å². The summed E-state index contributed by atoms with van der Waals surface area (Å²) in [5.41, 5.74) is 1.15. The number of ether oxygens (including phenoxy) is 1. The second-order valence-electron chi connectivity index (χ2n) is 6.06. The van der Waals surface area contributed by atoms with Crippen LogP contribution in [0, 0.1) is 0 Å². The number of nitrogens with zero attached hydrogens (tertiary/aromatic N) is 3. The van der Waals surface area contributed by atoms with Crippen LogP contribution >= 0.6 is 0 Å². The van der Waals surface area contributed by atoms with Crippen molar-refractivity contribution in [2.75, 3.05) is 38.2 Å². The largest absolute Gasteiger partial charge is 0.495 e. The number of para-hydroxylation sites is 2. The van der Waals surface area contributed by atoms with Crippen LogP contribution in [0.1, 0.15) is 5.89 Å². The number of quaternary nitrogens is 1. The Morgan fingerprint density at radius 2 is 1.96 bits per heavy atom. The van der Waals surface area contributed by atoms with Crippen LogP contribution in [0.15, 0.2) is 51.5 Å². The predicted molar refractivity (Wildman–Crippen MR) is 91.6 cm³/mol. The maximum absolute atomic E-state index is 5.71. The molecule has 1 aliphatic heterocycles. The first-order valence-corrected chi connectivity index (χ1v) is 8.41. The molecule has 25 heavy (non-hydrogen) atoms. The Bertz CT molecular complexity index is 807. The first-order chi connectivity index (χ1) is 12.3. The summed E-state index contributed by atoms with van der Waals surface area (Å²) in [5.74, 6) is 2.61. The lowest BCUT2D eigenvalue weighted by molar-refractivity contribution is -0.915. The molecule has 0 spiro atoms. The fraction of sp³-hybridized carbons (Fsp3) is 0.333. The number of aromatic nitrogens is 2. The highest BCUT2D eigenvalue weighted by Crippen LogP contribution is 2.27. The van der Waals surface area contributed by atoms with Gasteiger partial charge in [-0.25, -0.2) is 0 Å². The molecule has 7 nitrogen and oxygen atoms in total. The number of piperazine rings is 1. The second-order valence-corrected chi connectivity index (χ2v) is 6.06. The number of anilines is 1. The number of benzene rings is 1. The molecule has 0 amide bonds. The number of rotatable bonds is 5. The van der Waals surface area contributed by atoms with Gasteiger partial charge in [0.05, 0.1) is 45.2 Å². The highest BCUT2D eigenvalue weighted by atomic mass is 16.5. The van der Waals surface area contributed by atoms with Crippen LogP contribution in [0.3, 0.4) is 0 Å². The van der Waals surface area contributed by atoms with Gasteiger partial charge in [-0.2, -0.15) is 0 Å². The molecule has 0 radical (unpaired) electrons. The molecule has 3 aromatic rings. The zero-order chi connectivity index (χ0) is 17.1. The van der Waals surface area contributed by atoms with Crippen molar-refractivity contribution < 1.29 is 18.5 Å². The van der Waals surface area contributed by atoms with Gasteiger partial charge in [0.15, 0.2) is 12.3 Å². The standard InChI is InChI=1S/C18H20N4O3/c1-23-15-6-3-2-5-14(15)22-10-8-21(9-11-22)13-17-19-20-18(25-17)16-7-4-12-24-16/h2-7,12H,8-11,13H2,1H3/p+1. The molecule has 3 heterocycles. The summed E-state index contributed by atoms with van der Waals surface area (Å²) in [5, 5.41) is 8.20. The third-order valence-electron chi connectivity index (χ3n) is 4.50. The molecular formula is C18H21N4O3+. The molecule has 0 saturated carbocycles. The third kappa shape index (κ3) is 3.36. The van der Waals surface area contributed by atoms with Crippen molar-refractivity contribution in [3.63, 3.8) is 0 Å². The van der Waals surface area contributed by atoms with Gasteiger partial charge in [0.2, 0.25) is 0 Å². The first kappa shape index (κ1) is 15.7. The van der Waals surface area contributed by atoms with Gasteiger partial charge in [-0.1, -0.05) is 12.1 Å². The first-order valence-electron chi connectivity index (χ1n) is 8.41. The minimum atomic E-state index is 0.437. The lowest BCUT2D eigenvalue weighted by Crippen LogP contribution is -3.13. The van der Waals surface area contributed by atoms with Crippen molar-refractivity contribution in [3.8, 4) is 17.4 Å². The van der Waals surface area contributed by atoms with E-state index in [2.05, 4.69) is 21.2 Å². The van der Waals surface area contributed by atoms with Gasteiger partial charge in [-0.3, -0.25) is 0 Å². The fourth-order valence-corrected chi connectivity index (χ4v) is 3.17. The van der Waals surface area contributed by atoms with Gasteiger partial charge in [0.25, 0.3) is 11.8 Å². The second kappa shape index (κ2) is 6.98. The van der Waals surface area contributed by atoms with Crippen LogP contribution in [0.4, 0.5) is 5.69 Å². The topological polar surface area (TPSA) is 69.0 Å². The number of nitrogens with one attached hydrogen (secondary N) is 1. The van der Waals surface area contributed by atoms with Crippen molar-refractivity contribution in [1.82, 2.24) is 10.2 Å². The van der Waals surface area contributed by atoms with E-state index >= 15 is 0 Å². The molecule has 1 aliphatic rings. The van der Waals surface area contributed by atoms with Gasteiger partial charge < -0.3 is 23.4 Å². The normalized spacial score (nSPS) is 15.5. The SMILES string of the molecule is COc1ccccc1N1CC[NH+](Cc2nnc(-c3ccco3)o2)CC1. The van der Waals surface area contributed by atoms with Gasteiger partial charge in [-0.05, 0) is 24.3 Å². The Hall–Kier alpha value is -2.80. The van der Waals surface area contributed by atoms with Crippen molar-refractivity contribution >= 4 is 5.69 Å². The highest BCUT2D eigenvalue weighted by molar-refractivity contribution is 5.58. The highest BCUT2D eigenvalue weighted by Gasteiger charge is 2.24. The smallest absolute Gasteiger partial charge is 0.283 e. The Labute approximate surface area is 145 Å². The summed E-state index contributed by atoms with van der Waals surface area (Å²) in [7, 11) is 1.71. The molecule has 1 saturated heterocycles. The Morgan fingerprint density at radius 3 is 2.72 bits per heavy atom. The van der Waals surface area contributed by atoms with Crippen molar-refractivity contribution in [3.05, 3.63) is 48.6 Å². The Balaban J connectivity index is 1.36. The molecule has 0 atom stereocenters. The molecule has 130 valence electrons. The summed E-state index contributed by atoms with van der Waals surface area (Å²) >= 11 is 0. The molecule has 0 aliphatic carbocycles. The Kier molecular flexibility index (Phi) is 4.39. The average molecular weight is 341 g/mol. The molecule has 7 heteroatoms. The van der Waals surface area contributed by atoms with E-state index in [0.29, 0.717) is 17.5 Å². The maximum atomic E-state index is 5.71. The van der Waals surface area contributed by atoms with Crippen LogP contribution in [-0.2, 0) is 6.54 Å². The number of hydrogen-bond donors (Lipinski definition) is 1. The van der Waals surface area contributed by atoms with Crippen LogP contribution in [0.5, 0.6) is 5.75 Å². The van der Waals surface area contributed by atoms with Crippen molar-refractivity contribution in [2.45, 2.75) is 6.54 Å². The maximum Gasteiger partial charge on any atom is 0.283 e. The monoisotopic (exact) mass is 341 g/mol. The number of furan rings is 1. The lowest BCUT2D eigenvalue weighted by atomic mass is 10.2. The summed E-state index contributed by atoms with van der Waals surface area (Å²) in [6.07, 6.45) is 1.60. The molecule has 4 rings (SSSR count). The third-order valence-corrected chi connectivity index (χ3v) is 4.50. The number of methoxy groups -OCH3 is 1. The Morgan fingerprint density at radius 1 is 1.12 bits per heavy atom. The van der Waals surface area contributed by atoms with Gasteiger partial charge in [-0.15, -0.1) is 10.2 Å². The molecular weight excluding hydrogens is 320 g/mol. The van der Waals surface area contributed by atoms with Crippen LogP contribution in [0.2, 0.25) is 0 Å². The molecule has 1 N–H and O–H groups in total. The average Bonchev–Trinajstić information content (AvgIpc) is 3.34. The molecule has 1 fully saturated rings. The lowest BCUT2D eigenvalue weighted by Gasteiger charge is -2.33. The summed E-state index contributed by atoms with van der Waals surface area (Å²) in [6.45, 7) is 4.68. The van der Waals surface area contributed by atoms with E-state index in [4.69, 9.17) is 13.6 Å². The fourth-order valence-electron chi connectivity index (χ4n) is 3.17. The van der Waals surface area contributed by atoms with Gasteiger partial charge >= 0.3 is 0 Å². The summed E-state index contributed by atoms with van der Waals surface area (Å²) < 4.78 is 16.5. The molecule has 1 aromatic carbocycles. The molecule has 2 aromatic heterocycles. The van der Waals surface area contributed by atoms with E-state index in [0.717, 1.165) is 44.2 Å². The molecule has 0 bridgehead atoms. The zero-order valence-electron chi connectivity index (χ0n) is 14.1. The van der Waals surface area contributed by atoms with E-state index in [1.54, 1.807) is 13.4 Å². The van der Waals surface area contributed by atoms with Gasteiger partial charge in [0, 0.05) is 0 Å². The van der Waals surface area contributed by atoms with Crippen molar-refractivity contribution in [1.29, 1.82) is 0 Å². The van der Waals surface area contributed by atoms with E-state index in [-0.39, 0.29) is 0 Å². The zero-order valence-corrected chi connectivity index (χ0v) is 14.1. The summed E-state index contributed by atoms with van der Waals surface area (Å²) in [4.78, 5) is 3.80. The molecule has 0 unspecified atom stereocenters. The van der Waals surface area contributed by atoms with Crippen LogP contribution in [0.25, 0.3) is 11.7 Å². The van der Waals surface area contributed by atoms with Crippen molar-refractivity contribution in [2.24, 2.45) is 0 Å². The summed E-state index contributed by atoms with van der Waals surface area (Å²) in [6, 6.07) is 11.8. The predicted octanol–water partition coefficient (Wildman–Crippen LogP) is 1.24. The quantitative estimate of drug-likeness (QED) is 0.753. The van der Waals surface area contributed by atoms with Gasteiger partial charge in [0.1, 0.15) is 5.75 Å².